The summed E-state index contributed by atoms with van der Waals surface area (Å²) in [6.07, 6.45) is 5.84. The van der Waals surface area contributed by atoms with Crippen LogP contribution in [0.15, 0.2) is 18.2 Å². The molecule has 0 unspecified atom stereocenters. The van der Waals surface area contributed by atoms with Gasteiger partial charge in [0.25, 0.3) is 5.91 Å². The highest BCUT2D eigenvalue weighted by molar-refractivity contribution is 6.00. The van der Waals surface area contributed by atoms with Crippen LogP contribution in [-0.2, 0) is 14.3 Å². The van der Waals surface area contributed by atoms with E-state index in [1.165, 1.54) is 20.1 Å². The molecule has 1 saturated carbocycles. The molecule has 0 saturated heterocycles. The minimum atomic E-state index is -0.803. The minimum absolute atomic E-state index is 0.0619. The molecular weight excluding hydrogens is 408 g/mol. The number of ketones is 1. The van der Waals surface area contributed by atoms with Crippen molar-refractivity contribution in [1.82, 2.24) is 10.6 Å². The molecule has 0 heterocycles. The van der Waals surface area contributed by atoms with Gasteiger partial charge < -0.3 is 26.5 Å². The van der Waals surface area contributed by atoms with Crippen molar-refractivity contribution in [1.29, 1.82) is 5.41 Å². The largest absolute Gasteiger partial charge is 0.398 e. The maximum Gasteiger partial charge on any atom is 0.251 e. The van der Waals surface area contributed by atoms with Gasteiger partial charge in [0.1, 0.15) is 12.1 Å². The van der Waals surface area contributed by atoms with E-state index in [0.717, 1.165) is 31.9 Å². The van der Waals surface area contributed by atoms with Crippen LogP contribution in [0.4, 0.5) is 5.69 Å². The lowest BCUT2D eigenvalue weighted by atomic mass is 9.81. The number of hydrogen-bond donors (Lipinski definition) is 4. The van der Waals surface area contributed by atoms with Crippen LogP contribution < -0.4 is 16.4 Å². The second-order valence-electron chi connectivity index (χ2n) is 9.02. The SMILES string of the molecule is CC[C@H](OC)[C@H](NC(=O)[C@H](CC1(C)CCCC1)NC(=O)c1ccc(N)c(C=N)c1)C(C)=O. The summed E-state index contributed by atoms with van der Waals surface area (Å²) in [5.74, 6) is -1.02. The average Bonchev–Trinajstić information content (AvgIpc) is 3.19. The summed E-state index contributed by atoms with van der Waals surface area (Å²) in [6.45, 7) is 5.44. The molecule has 0 aliphatic heterocycles. The van der Waals surface area contributed by atoms with Gasteiger partial charge in [-0.05, 0) is 56.2 Å². The van der Waals surface area contributed by atoms with Gasteiger partial charge >= 0.3 is 0 Å². The zero-order chi connectivity index (χ0) is 23.9. The van der Waals surface area contributed by atoms with Crippen LogP contribution in [0.5, 0.6) is 0 Å². The molecule has 2 amide bonds. The summed E-state index contributed by atoms with van der Waals surface area (Å²) >= 11 is 0. The van der Waals surface area contributed by atoms with Gasteiger partial charge in [-0.3, -0.25) is 14.4 Å². The van der Waals surface area contributed by atoms with Crippen LogP contribution in [-0.4, -0.2) is 49.1 Å². The monoisotopic (exact) mass is 444 g/mol. The van der Waals surface area contributed by atoms with Gasteiger partial charge in [-0.25, -0.2) is 0 Å². The van der Waals surface area contributed by atoms with Gasteiger partial charge in [-0.1, -0.05) is 26.7 Å². The molecule has 0 radical (unpaired) electrons. The van der Waals surface area contributed by atoms with E-state index in [1.54, 1.807) is 12.1 Å². The van der Waals surface area contributed by atoms with E-state index < -0.39 is 30.0 Å². The Bertz CT molecular complexity index is 844. The van der Waals surface area contributed by atoms with Gasteiger partial charge in [-0.2, -0.15) is 0 Å². The normalized spacial score (nSPS) is 17.8. The van der Waals surface area contributed by atoms with Crippen molar-refractivity contribution < 1.29 is 19.1 Å². The Labute approximate surface area is 190 Å². The van der Waals surface area contributed by atoms with E-state index in [-0.39, 0.29) is 11.2 Å². The zero-order valence-corrected chi connectivity index (χ0v) is 19.5. The fourth-order valence-corrected chi connectivity index (χ4v) is 4.47. The number of nitrogens with one attached hydrogen (secondary N) is 3. The van der Waals surface area contributed by atoms with E-state index >= 15 is 0 Å². The molecule has 0 bridgehead atoms. The maximum atomic E-state index is 13.3. The Hall–Kier alpha value is -2.74. The lowest BCUT2D eigenvalue weighted by Crippen LogP contribution is -2.56. The first-order valence-corrected chi connectivity index (χ1v) is 11.2. The lowest BCUT2D eigenvalue weighted by molar-refractivity contribution is -0.131. The molecule has 1 fully saturated rings. The second kappa shape index (κ2) is 11.2. The molecule has 8 heteroatoms. The summed E-state index contributed by atoms with van der Waals surface area (Å²) in [4.78, 5) is 38.5. The van der Waals surface area contributed by atoms with Gasteiger partial charge in [0, 0.05) is 30.1 Å². The molecule has 2 rings (SSSR count). The number of nitrogen functional groups attached to an aromatic ring is 1. The Morgan fingerprint density at radius 1 is 1.25 bits per heavy atom. The fraction of sp³-hybridized carbons (Fsp3) is 0.583. The molecule has 8 nitrogen and oxygen atoms in total. The Morgan fingerprint density at radius 2 is 1.91 bits per heavy atom. The first-order chi connectivity index (χ1) is 15.1. The Balaban J connectivity index is 2.26. The number of methoxy groups -OCH3 is 1. The number of carbonyl (C=O) groups is 3. The van der Waals surface area contributed by atoms with Crippen LogP contribution in [0, 0.1) is 10.8 Å². The first-order valence-electron chi connectivity index (χ1n) is 11.2. The highest BCUT2D eigenvalue weighted by Gasteiger charge is 2.37. The second-order valence-corrected chi connectivity index (χ2v) is 9.02. The fourth-order valence-electron chi connectivity index (χ4n) is 4.47. The zero-order valence-electron chi connectivity index (χ0n) is 19.5. The van der Waals surface area contributed by atoms with E-state index in [1.807, 2.05) is 6.92 Å². The van der Waals surface area contributed by atoms with Crippen LogP contribution >= 0.6 is 0 Å². The molecule has 32 heavy (non-hydrogen) atoms. The van der Waals surface area contributed by atoms with Crippen LogP contribution in [0.2, 0.25) is 0 Å². The molecule has 5 N–H and O–H groups in total. The highest BCUT2D eigenvalue weighted by Crippen LogP contribution is 2.41. The van der Waals surface area contributed by atoms with Gasteiger partial charge in [0.05, 0.1) is 6.10 Å². The third-order valence-electron chi connectivity index (χ3n) is 6.45. The number of nitrogens with two attached hydrogens (primary N) is 1. The number of benzene rings is 1. The van der Waals surface area contributed by atoms with Crippen molar-refractivity contribution in [3.05, 3.63) is 29.3 Å². The Morgan fingerprint density at radius 3 is 2.44 bits per heavy atom. The highest BCUT2D eigenvalue weighted by atomic mass is 16.5. The van der Waals surface area contributed by atoms with Crippen molar-refractivity contribution in [2.24, 2.45) is 5.41 Å². The average molecular weight is 445 g/mol. The molecular formula is C24H36N4O4. The third-order valence-corrected chi connectivity index (χ3v) is 6.45. The van der Waals surface area contributed by atoms with Crippen molar-refractivity contribution in [3.63, 3.8) is 0 Å². The molecule has 1 aliphatic carbocycles. The minimum Gasteiger partial charge on any atom is -0.398 e. The lowest BCUT2D eigenvalue weighted by Gasteiger charge is -2.31. The van der Waals surface area contributed by atoms with Crippen molar-refractivity contribution in [2.75, 3.05) is 12.8 Å². The molecule has 0 spiro atoms. The van der Waals surface area contributed by atoms with Crippen molar-refractivity contribution in [2.45, 2.75) is 77.5 Å². The molecule has 1 aromatic rings. The smallest absolute Gasteiger partial charge is 0.251 e. The number of Topliss-reactive ketones (excluding diaryl/α,β-unsaturated/α-hetero) is 1. The summed E-state index contributed by atoms with van der Waals surface area (Å²) in [5.41, 5.74) is 6.91. The number of anilines is 1. The van der Waals surface area contributed by atoms with Gasteiger partial charge in [0.15, 0.2) is 5.78 Å². The summed E-state index contributed by atoms with van der Waals surface area (Å²) in [5, 5.41) is 13.1. The van der Waals surface area contributed by atoms with Crippen LogP contribution in [0.1, 0.15) is 75.2 Å². The molecule has 176 valence electrons. The third kappa shape index (κ3) is 6.38. The summed E-state index contributed by atoms with van der Waals surface area (Å²) < 4.78 is 5.39. The molecule has 0 aromatic heterocycles. The van der Waals surface area contributed by atoms with E-state index in [9.17, 15) is 14.4 Å². The van der Waals surface area contributed by atoms with Gasteiger partial charge in [0.2, 0.25) is 5.91 Å². The van der Waals surface area contributed by atoms with Crippen LogP contribution in [0.3, 0.4) is 0 Å². The number of ether oxygens (including phenoxy) is 1. The van der Waals surface area contributed by atoms with E-state index in [0.29, 0.717) is 29.7 Å². The van der Waals surface area contributed by atoms with E-state index in [2.05, 4.69) is 17.6 Å². The molecule has 3 atom stereocenters. The predicted octanol–water partition coefficient (Wildman–Crippen LogP) is 2.83. The Kier molecular flexibility index (Phi) is 8.95. The number of hydrogen-bond acceptors (Lipinski definition) is 6. The molecule has 1 aliphatic rings. The van der Waals surface area contributed by atoms with Crippen LogP contribution in [0.25, 0.3) is 0 Å². The summed E-state index contributed by atoms with van der Waals surface area (Å²) in [6, 6.07) is 3.08. The number of rotatable bonds is 11. The van der Waals surface area contributed by atoms with Crippen molar-refractivity contribution >= 4 is 29.5 Å². The van der Waals surface area contributed by atoms with Crippen molar-refractivity contribution in [3.8, 4) is 0 Å². The quantitative estimate of drug-likeness (QED) is 0.307. The first kappa shape index (κ1) is 25.5. The standard InChI is InChI=1S/C24H36N4O4/c1-5-20(32-4)21(15(2)29)28-23(31)19(13-24(3)10-6-7-11-24)27-22(30)16-8-9-18(26)17(12-16)14-25/h8-9,12,14,19-21,25H,5-7,10-11,13,26H2,1-4H3,(H,27,30)(H,28,31)/t19-,20-,21+/m0/s1. The predicted molar refractivity (Wildman–Crippen MR) is 125 cm³/mol. The van der Waals surface area contributed by atoms with E-state index in [4.69, 9.17) is 15.9 Å². The number of amides is 2. The number of carbonyl (C=O) groups excluding carboxylic acids is 3. The molecule has 1 aromatic carbocycles. The maximum absolute atomic E-state index is 13.3. The topological polar surface area (TPSA) is 134 Å². The van der Waals surface area contributed by atoms with Gasteiger partial charge in [-0.15, -0.1) is 0 Å². The summed E-state index contributed by atoms with van der Waals surface area (Å²) in [7, 11) is 1.51.